The molecule has 0 saturated carbocycles. The maximum Gasteiger partial charge on any atom is 0.200 e. The molecule has 68 valence electrons. The van der Waals surface area contributed by atoms with Crippen molar-refractivity contribution in [2.45, 2.75) is 27.2 Å². The first kappa shape index (κ1) is 11.2. The van der Waals surface area contributed by atoms with Crippen molar-refractivity contribution in [3.63, 3.8) is 0 Å². The van der Waals surface area contributed by atoms with Gasteiger partial charge in [0.1, 0.15) is 0 Å². The maximum atomic E-state index is 11.5. The number of hydrogen-bond acceptors (Lipinski definition) is 2. The van der Waals surface area contributed by atoms with Crippen LogP contribution in [0.5, 0.6) is 0 Å². The zero-order valence-electron chi connectivity index (χ0n) is 7.96. The minimum Gasteiger partial charge on any atom is -0.328 e. The van der Waals surface area contributed by atoms with E-state index in [4.69, 9.17) is 4.52 Å². The zero-order chi connectivity index (χ0) is 8.91. The molecule has 3 heteroatoms. The molecule has 2 nitrogen and oxygen atoms in total. The van der Waals surface area contributed by atoms with Gasteiger partial charge in [0.05, 0.1) is 6.61 Å². The summed E-state index contributed by atoms with van der Waals surface area (Å²) in [7, 11) is -2.25. The largest absolute Gasteiger partial charge is 0.328 e. The smallest absolute Gasteiger partial charge is 0.200 e. The summed E-state index contributed by atoms with van der Waals surface area (Å²) in [5.74, 6) is 0.472. The van der Waals surface area contributed by atoms with Crippen LogP contribution in [-0.4, -0.2) is 19.4 Å². The summed E-state index contributed by atoms with van der Waals surface area (Å²) in [5, 5.41) is 0. The summed E-state index contributed by atoms with van der Waals surface area (Å²) in [6.45, 7) is 8.49. The molecule has 0 heterocycles. The van der Waals surface area contributed by atoms with E-state index >= 15 is 0 Å². The van der Waals surface area contributed by atoms with Gasteiger partial charge >= 0.3 is 0 Å². The molecule has 0 amide bonds. The first-order valence-electron chi connectivity index (χ1n) is 4.19. The standard InChI is InChI=1S/C8H19O2P/c1-5-6-11(4,9)10-7-8(2)3/h8H,5-7H2,1-4H3. The van der Waals surface area contributed by atoms with Crippen LogP contribution in [0.3, 0.4) is 0 Å². The van der Waals surface area contributed by atoms with Gasteiger partial charge in [-0.05, 0) is 12.3 Å². The zero-order valence-corrected chi connectivity index (χ0v) is 8.86. The van der Waals surface area contributed by atoms with E-state index in [1.165, 1.54) is 0 Å². The minimum atomic E-state index is -2.25. The van der Waals surface area contributed by atoms with Crippen LogP contribution in [0, 0.1) is 5.92 Å². The van der Waals surface area contributed by atoms with Crippen LogP contribution in [0.15, 0.2) is 0 Å². The third-order valence-corrected chi connectivity index (χ3v) is 3.27. The second-order valence-corrected chi connectivity index (χ2v) is 6.16. The molecule has 1 atom stereocenters. The average Bonchev–Trinajstić information content (AvgIpc) is 1.84. The summed E-state index contributed by atoms with van der Waals surface area (Å²) in [6, 6.07) is 0. The highest BCUT2D eigenvalue weighted by atomic mass is 31.2. The third-order valence-electron chi connectivity index (χ3n) is 1.31. The molecule has 0 aliphatic rings. The van der Waals surface area contributed by atoms with Gasteiger partial charge in [-0.1, -0.05) is 20.8 Å². The van der Waals surface area contributed by atoms with Crippen molar-refractivity contribution in [2.75, 3.05) is 19.4 Å². The van der Waals surface area contributed by atoms with Crippen molar-refractivity contribution in [3.05, 3.63) is 0 Å². The monoisotopic (exact) mass is 178 g/mol. The van der Waals surface area contributed by atoms with Gasteiger partial charge in [-0.25, -0.2) is 0 Å². The van der Waals surface area contributed by atoms with Crippen molar-refractivity contribution in [2.24, 2.45) is 5.92 Å². The van der Waals surface area contributed by atoms with Crippen LogP contribution in [-0.2, 0) is 9.09 Å². The van der Waals surface area contributed by atoms with Gasteiger partial charge in [0.2, 0.25) is 0 Å². The molecule has 0 radical (unpaired) electrons. The molecule has 0 N–H and O–H groups in total. The van der Waals surface area contributed by atoms with E-state index in [1.54, 1.807) is 6.66 Å². The highest BCUT2D eigenvalue weighted by Crippen LogP contribution is 2.43. The average molecular weight is 178 g/mol. The molecule has 0 aromatic carbocycles. The highest BCUT2D eigenvalue weighted by molar-refractivity contribution is 7.58. The summed E-state index contributed by atoms with van der Waals surface area (Å²) >= 11 is 0. The van der Waals surface area contributed by atoms with Gasteiger partial charge in [0, 0.05) is 12.8 Å². The van der Waals surface area contributed by atoms with Crippen LogP contribution >= 0.6 is 7.37 Å². The molecule has 0 aromatic heterocycles. The van der Waals surface area contributed by atoms with E-state index in [0.29, 0.717) is 18.7 Å². The van der Waals surface area contributed by atoms with Crippen molar-refractivity contribution in [1.82, 2.24) is 0 Å². The van der Waals surface area contributed by atoms with Crippen molar-refractivity contribution in [1.29, 1.82) is 0 Å². The van der Waals surface area contributed by atoms with E-state index < -0.39 is 7.37 Å². The van der Waals surface area contributed by atoms with Gasteiger partial charge in [-0.15, -0.1) is 0 Å². The molecule has 1 unspecified atom stereocenters. The summed E-state index contributed by atoms with van der Waals surface area (Å²) in [5.41, 5.74) is 0. The topological polar surface area (TPSA) is 26.3 Å². The van der Waals surface area contributed by atoms with Gasteiger partial charge < -0.3 is 4.52 Å². The van der Waals surface area contributed by atoms with E-state index in [0.717, 1.165) is 6.42 Å². The molecule has 0 aromatic rings. The Kier molecular flexibility index (Phi) is 5.03. The Hall–Kier alpha value is 0.190. The van der Waals surface area contributed by atoms with Crippen molar-refractivity contribution >= 4 is 7.37 Å². The predicted octanol–water partition coefficient (Wildman–Crippen LogP) is 2.98. The minimum absolute atomic E-state index is 0.472. The van der Waals surface area contributed by atoms with Gasteiger partial charge in [-0.3, -0.25) is 4.57 Å². The normalized spacial score (nSPS) is 16.8. The van der Waals surface area contributed by atoms with E-state index in [1.807, 2.05) is 6.92 Å². The van der Waals surface area contributed by atoms with Crippen molar-refractivity contribution in [3.8, 4) is 0 Å². The van der Waals surface area contributed by atoms with Gasteiger partial charge in [0.25, 0.3) is 0 Å². The molecule has 0 aliphatic carbocycles. The van der Waals surface area contributed by atoms with Crippen LogP contribution < -0.4 is 0 Å². The number of rotatable bonds is 5. The van der Waals surface area contributed by atoms with E-state index in [-0.39, 0.29) is 0 Å². The fraction of sp³-hybridized carbons (Fsp3) is 1.00. The lowest BCUT2D eigenvalue weighted by molar-refractivity contribution is 0.273. The molecule has 0 rings (SSSR count). The Balaban J connectivity index is 3.64. The Labute approximate surface area is 69.8 Å². The maximum absolute atomic E-state index is 11.5. The quantitative estimate of drug-likeness (QED) is 0.605. The second kappa shape index (κ2) is 4.95. The van der Waals surface area contributed by atoms with Crippen LogP contribution in [0.25, 0.3) is 0 Å². The van der Waals surface area contributed by atoms with Crippen LogP contribution in [0.4, 0.5) is 0 Å². The third kappa shape index (κ3) is 6.58. The molecule has 0 saturated heterocycles. The number of hydrogen-bond donors (Lipinski definition) is 0. The lowest BCUT2D eigenvalue weighted by Gasteiger charge is -2.14. The Morgan fingerprint density at radius 1 is 1.45 bits per heavy atom. The molecule has 0 fully saturated rings. The second-order valence-electron chi connectivity index (χ2n) is 3.43. The summed E-state index contributed by atoms with van der Waals surface area (Å²) in [4.78, 5) is 0. The molecule has 0 bridgehead atoms. The van der Waals surface area contributed by atoms with Crippen LogP contribution in [0.1, 0.15) is 27.2 Å². The van der Waals surface area contributed by atoms with Crippen molar-refractivity contribution < 1.29 is 9.09 Å². The molecule has 0 spiro atoms. The molecular weight excluding hydrogens is 159 g/mol. The van der Waals surface area contributed by atoms with Gasteiger partial charge in [-0.2, -0.15) is 0 Å². The van der Waals surface area contributed by atoms with E-state index in [9.17, 15) is 4.57 Å². The Morgan fingerprint density at radius 2 is 2.00 bits per heavy atom. The van der Waals surface area contributed by atoms with E-state index in [2.05, 4.69) is 13.8 Å². The first-order chi connectivity index (χ1) is 4.98. The first-order valence-corrected chi connectivity index (χ1v) is 6.44. The molecule has 0 aliphatic heterocycles. The highest BCUT2D eigenvalue weighted by Gasteiger charge is 2.14. The Morgan fingerprint density at radius 3 is 2.36 bits per heavy atom. The summed E-state index contributed by atoms with van der Waals surface area (Å²) < 4.78 is 16.8. The predicted molar refractivity (Wildman–Crippen MR) is 49.5 cm³/mol. The summed E-state index contributed by atoms with van der Waals surface area (Å²) in [6.07, 6.45) is 1.64. The van der Waals surface area contributed by atoms with Gasteiger partial charge in [0.15, 0.2) is 7.37 Å². The van der Waals surface area contributed by atoms with Crippen LogP contribution in [0.2, 0.25) is 0 Å². The lowest BCUT2D eigenvalue weighted by Crippen LogP contribution is -2.01. The fourth-order valence-electron chi connectivity index (χ4n) is 0.777. The SMILES string of the molecule is CCCP(C)(=O)OCC(C)C. The Bertz CT molecular complexity index is 143. The lowest BCUT2D eigenvalue weighted by atomic mass is 10.2. The molecule has 11 heavy (non-hydrogen) atoms. The fourth-order valence-corrected chi connectivity index (χ4v) is 2.33. The molecular formula is C8H19O2P.